The maximum Gasteiger partial charge on any atom is 0.272 e. The summed E-state index contributed by atoms with van der Waals surface area (Å²) < 4.78 is 0. The highest BCUT2D eigenvalue weighted by molar-refractivity contribution is 5.42. The average Bonchev–Trinajstić information content (AvgIpc) is 2.08. The standard InChI is InChI=1S/C8H10N2O3/c1-6-2-3-7(5-9-11)4-8(6)10(12)13/h2-4,9,11H,5H2,1H3. The van der Waals surface area contributed by atoms with Gasteiger partial charge in [0.05, 0.1) is 4.92 Å². The van der Waals surface area contributed by atoms with Gasteiger partial charge >= 0.3 is 0 Å². The van der Waals surface area contributed by atoms with Gasteiger partial charge in [-0.05, 0) is 12.5 Å². The lowest BCUT2D eigenvalue weighted by Gasteiger charge is -2.00. The number of rotatable bonds is 3. The molecule has 0 aliphatic heterocycles. The Bertz CT molecular complexity index is 325. The molecule has 2 N–H and O–H groups in total. The molecule has 1 rings (SSSR count). The van der Waals surface area contributed by atoms with Crippen molar-refractivity contribution in [3.8, 4) is 0 Å². The molecule has 5 nitrogen and oxygen atoms in total. The summed E-state index contributed by atoms with van der Waals surface area (Å²) in [5, 5.41) is 18.9. The molecule has 0 atom stereocenters. The zero-order valence-electron chi connectivity index (χ0n) is 7.15. The Kier molecular flexibility index (Phi) is 2.94. The first-order chi connectivity index (χ1) is 6.15. The second-order valence-corrected chi connectivity index (χ2v) is 2.71. The molecule has 0 aromatic heterocycles. The van der Waals surface area contributed by atoms with Crippen LogP contribution in [0, 0.1) is 17.0 Å². The van der Waals surface area contributed by atoms with Gasteiger partial charge in [-0.1, -0.05) is 12.1 Å². The zero-order chi connectivity index (χ0) is 9.84. The van der Waals surface area contributed by atoms with E-state index in [1.807, 2.05) is 5.48 Å². The molecule has 1 aromatic carbocycles. The van der Waals surface area contributed by atoms with Gasteiger partial charge in [-0.15, -0.1) is 0 Å². The minimum atomic E-state index is -0.434. The molecule has 0 bridgehead atoms. The van der Waals surface area contributed by atoms with E-state index >= 15 is 0 Å². The average molecular weight is 182 g/mol. The summed E-state index contributed by atoms with van der Waals surface area (Å²) in [4.78, 5) is 10.1. The molecular weight excluding hydrogens is 172 g/mol. The van der Waals surface area contributed by atoms with E-state index in [9.17, 15) is 10.1 Å². The number of aryl methyl sites for hydroxylation is 1. The third-order valence-corrected chi connectivity index (χ3v) is 1.75. The number of hydrogen-bond acceptors (Lipinski definition) is 4. The number of benzene rings is 1. The summed E-state index contributed by atoms with van der Waals surface area (Å²) in [6.45, 7) is 1.88. The molecule has 70 valence electrons. The molecule has 0 saturated heterocycles. The smallest absolute Gasteiger partial charge is 0.272 e. The lowest BCUT2D eigenvalue weighted by Crippen LogP contribution is -2.06. The highest BCUT2D eigenvalue weighted by Crippen LogP contribution is 2.18. The van der Waals surface area contributed by atoms with Gasteiger partial charge in [0, 0.05) is 18.2 Å². The Morgan fingerprint density at radius 3 is 2.85 bits per heavy atom. The molecule has 1 aromatic rings. The Hall–Kier alpha value is -1.46. The Balaban J connectivity index is 3.04. The van der Waals surface area contributed by atoms with Crippen LogP contribution in [0.1, 0.15) is 11.1 Å². The van der Waals surface area contributed by atoms with Crippen molar-refractivity contribution in [3.05, 3.63) is 39.4 Å². The zero-order valence-corrected chi connectivity index (χ0v) is 7.15. The van der Waals surface area contributed by atoms with Gasteiger partial charge in [0.25, 0.3) is 5.69 Å². The van der Waals surface area contributed by atoms with Crippen LogP contribution in [0.15, 0.2) is 18.2 Å². The van der Waals surface area contributed by atoms with E-state index in [1.54, 1.807) is 19.1 Å². The molecular formula is C8H10N2O3. The minimum absolute atomic E-state index is 0.0766. The predicted octanol–water partition coefficient (Wildman–Crippen LogP) is 1.38. The molecule has 0 heterocycles. The largest absolute Gasteiger partial charge is 0.316 e. The molecule has 0 saturated carbocycles. The fourth-order valence-corrected chi connectivity index (χ4v) is 1.05. The van der Waals surface area contributed by atoms with Gasteiger partial charge in [-0.25, -0.2) is 5.48 Å². The van der Waals surface area contributed by atoms with Crippen LogP contribution in [0.5, 0.6) is 0 Å². The van der Waals surface area contributed by atoms with Gasteiger partial charge in [0.2, 0.25) is 0 Å². The van der Waals surface area contributed by atoms with E-state index in [0.29, 0.717) is 11.1 Å². The van der Waals surface area contributed by atoms with Gasteiger partial charge < -0.3 is 5.21 Å². The lowest BCUT2D eigenvalue weighted by atomic mass is 10.1. The van der Waals surface area contributed by atoms with Crippen molar-refractivity contribution >= 4 is 5.69 Å². The Morgan fingerprint density at radius 1 is 1.62 bits per heavy atom. The minimum Gasteiger partial charge on any atom is -0.316 e. The van der Waals surface area contributed by atoms with Crippen LogP contribution in [-0.2, 0) is 6.54 Å². The van der Waals surface area contributed by atoms with Crippen molar-refractivity contribution < 1.29 is 10.1 Å². The third kappa shape index (κ3) is 2.24. The van der Waals surface area contributed by atoms with Gasteiger partial charge in [-0.3, -0.25) is 10.1 Å². The van der Waals surface area contributed by atoms with Crippen LogP contribution in [0.3, 0.4) is 0 Å². The van der Waals surface area contributed by atoms with Crippen LogP contribution in [0.25, 0.3) is 0 Å². The first kappa shape index (κ1) is 9.63. The van der Waals surface area contributed by atoms with E-state index in [1.165, 1.54) is 6.07 Å². The Labute approximate surface area is 75.1 Å². The SMILES string of the molecule is Cc1ccc(CNO)cc1[N+](=O)[O-]. The summed E-state index contributed by atoms with van der Waals surface area (Å²) in [5.74, 6) is 0. The molecule has 0 unspecified atom stereocenters. The van der Waals surface area contributed by atoms with Crippen LogP contribution in [-0.4, -0.2) is 10.1 Å². The fourth-order valence-electron chi connectivity index (χ4n) is 1.05. The summed E-state index contributed by atoms with van der Waals surface area (Å²) in [6.07, 6.45) is 0. The van der Waals surface area contributed by atoms with Crippen molar-refractivity contribution in [1.29, 1.82) is 0 Å². The van der Waals surface area contributed by atoms with E-state index in [-0.39, 0.29) is 12.2 Å². The van der Waals surface area contributed by atoms with Crippen molar-refractivity contribution in [2.24, 2.45) is 0 Å². The topological polar surface area (TPSA) is 75.4 Å². The number of nitro benzene ring substituents is 1. The highest BCUT2D eigenvalue weighted by atomic mass is 16.6. The van der Waals surface area contributed by atoms with E-state index in [2.05, 4.69) is 0 Å². The first-order valence-corrected chi connectivity index (χ1v) is 3.76. The molecule has 0 aliphatic carbocycles. The number of hydrogen-bond donors (Lipinski definition) is 2. The van der Waals surface area contributed by atoms with Crippen LogP contribution in [0.2, 0.25) is 0 Å². The maximum absolute atomic E-state index is 10.5. The lowest BCUT2D eigenvalue weighted by molar-refractivity contribution is -0.385. The Morgan fingerprint density at radius 2 is 2.31 bits per heavy atom. The predicted molar refractivity (Wildman–Crippen MR) is 46.5 cm³/mol. The van der Waals surface area contributed by atoms with Crippen LogP contribution >= 0.6 is 0 Å². The van der Waals surface area contributed by atoms with Gasteiger partial charge in [0.15, 0.2) is 0 Å². The quantitative estimate of drug-likeness (QED) is 0.547. The van der Waals surface area contributed by atoms with E-state index in [0.717, 1.165) is 0 Å². The number of nitrogens with zero attached hydrogens (tertiary/aromatic N) is 1. The molecule has 0 aliphatic rings. The van der Waals surface area contributed by atoms with Crippen molar-refractivity contribution in [2.75, 3.05) is 0 Å². The van der Waals surface area contributed by atoms with Crippen LogP contribution in [0.4, 0.5) is 5.69 Å². The first-order valence-electron chi connectivity index (χ1n) is 3.76. The highest BCUT2D eigenvalue weighted by Gasteiger charge is 2.10. The van der Waals surface area contributed by atoms with Crippen LogP contribution < -0.4 is 5.48 Å². The number of hydroxylamine groups is 1. The molecule has 5 heteroatoms. The normalized spacial score (nSPS) is 10.0. The molecule has 13 heavy (non-hydrogen) atoms. The summed E-state index contributed by atoms with van der Waals surface area (Å²) in [6, 6.07) is 4.83. The van der Waals surface area contributed by atoms with Gasteiger partial charge in [-0.2, -0.15) is 0 Å². The number of nitro groups is 1. The molecule has 0 spiro atoms. The van der Waals surface area contributed by atoms with Crippen molar-refractivity contribution in [3.63, 3.8) is 0 Å². The second-order valence-electron chi connectivity index (χ2n) is 2.71. The summed E-state index contributed by atoms with van der Waals surface area (Å²) in [5.41, 5.74) is 3.32. The van der Waals surface area contributed by atoms with E-state index in [4.69, 9.17) is 5.21 Å². The second kappa shape index (κ2) is 3.97. The monoisotopic (exact) mass is 182 g/mol. The van der Waals surface area contributed by atoms with Crippen molar-refractivity contribution in [2.45, 2.75) is 13.5 Å². The fraction of sp³-hybridized carbons (Fsp3) is 0.250. The van der Waals surface area contributed by atoms with Gasteiger partial charge in [0.1, 0.15) is 0 Å². The third-order valence-electron chi connectivity index (χ3n) is 1.75. The van der Waals surface area contributed by atoms with Crippen molar-refractivity contribution in [1.82, 2.24) is 5.48 Å². The molecule has 0 fully saturated rings. The molecule has 0 radical (unpaired) electrons. The molecule has 0 amide bonds. The summed E-state index contributed by atoms with van der Waals surface area (Å²) in [7, 11) is 0. The van der Waals surface area contributed by atoms with E-state index < -0.39 is 4.92 Å². The summed E-state index contributed by atoms with van der Waals surface area (Å²) >= 11 is 0. The number of nitrogens with one attached hydrogen (secondary N) is 1. The maximum atomic E-state index is 10.5.